The summed E-state index contributed by atoms with van der Waals surface area (Å²) in [6.07, 6.45) is 3.47. The molecule has 1 amide bonds. The van der Waals surface area contributed by atoms with Gasteiger partial charge >= 0.3 is 0 Å². The molecule has 0 unspecified atom stereocenters. The number of aromatic nitrogens is 3. The van der Waals surface area contributed by atoms with E-state index in [9.17, 15) is 4.79 Å². The molecule has 1 aromatic heterocycles. The van der Waals surface area contributed by atoms with Crippen LogP contribution in [0.15, 0.2) is 6.20 Å². The molecule has 96 valence electrons. The van der Waals surface area contributed by atoms with Crippen LogP contribution in [0.1, 0.15) is 37.2 Å². The van der Waals surface area contributed by atoms with Gasteiger partial charge in [-0.25, -0.2) is 0 Å². The average Bonchev–Trinajstić information content (AvgIpc) is 2.81. The van der Waals surface area contributed by atoms with Crippen LogP contribution in [0.25, 0.3) is 0 Å². The number of carbonyl (C=O) groups is 1. The lowest BCUT2D eigenvalue weighted by atomic mass is 10.2. The van der Waals surface area contributed by atoms with Gasteiger partial charge in [-0.2, -0.15) is 15.4 Å². The molecule has 1 aromatic rings. The predicted octanol–water partition coefficient (Wildman–Crippen LogP) is 0.655. The van der Waals surface area contributed by atoms with Crippen LogP contribution in [-0.2, 0) is 0 Å². The maximum Gasteiger partial charge on any atom is 0.273 e. The molecular formula is C11H21N5O. The molecule has 0 radical (unpaired) electrons. The number of rotatable bonds is 7. The van der Waals surface area contributed by atoms with Crippen molar-refractivity contribution in [3.63, 3.8) is 0 Å². The lowest BCUT2D eigenvalue weighted by molar-refractivity contribution is 0.0947. The Balaban J connectivity index is 2.07. The van der Waals surface area contributed by atoms with Crippen LogP contribution in [0.3, 0.4) is 0 Å². The molecule has 1 rings (SSSR count). The number of hydrogen-bond acceptors (Lipinski definition) is 4. The van der Waals surface area contributed by atoms with E-state index in [0.29, 0.717) is 18.3 Å². The summed E-state index contributed by atoms with van der Waals surface area (Å²) in [6.45, 7) is 6.08. The second-order valence-electron chi connectivity index (χ2n) is 4.39. The number of amides is 1. The van der Waals surface area contributed by atoms with E-state index < -0.39 is 0 Å². The van der Waals surface area contributed by atoms with Gasteiger partial charge in [0.15, 0.2) is 5.69 Å². The SMILES string of the molecule is CC(C)N(C)CCCCNC(=O)c1cn[nH]n1. The highest BCUT2D eigenvalue weighted by Crippen LogP contribution is 1.97. The van der Waals surface area contributed by atoms with Gasteiger partial charge in [0.1, 0.15) is 0 Å². The quantitative estimate of drug-likeness (QED) is 0.685. The van der Waals surface area contributed by atoms with Crippen molar-refractivity contribution in [3.05, 3.63) is 11.9 Å². The van der Waals surface area contributed by atoms with Crippen molar-refractivity contribution in [2.24, 2.45) is 0 Å². The Bertz CT molecular complexity index is 323. The summed E-state index contributed by atoms with van der Waals surface area (Å²) in [5, 5.41) is 12.5. The summed E-state index contributed by atoms with van der Waals surface area (Å²) in [5.41, 5.74) is 0.337. The van der Waals surface area contributed by atoms with E-state index in [0.717, 1.165) is 19.4 Å². The Kier molecular flexibility index (Phi) is 5.62. The van der Waals surface area contributed by atoms with E-state index in [2.05, 4.69) is 46.5 Å². The molecule has 0 bridgehead atoms. The maximum atomic E-state index is 11.5. The second kappa shape index (κ2) is 7.01. The van der Waals surface area contributed by atoms with Crippen molar-refractivity contribution in [3.8, 4) is 0 Å². The Morgan fingerprint density at radius 3 is 2.88 bits per heavy atom. The molecule has 6 nitrogen and oxygen atoms in total. The van der Waals surface area contributed by atoms with Gasteiger partial charge in [-0.05, 0) is 40.3 Å². The summed E-state index contributed by atoms with van der Waals surface area (Å²) in [6, 6.07) is 0.569. The number of aromatic amines is 1. The van der Waals surface area contributed by atoms with Crippen LogP contribution >= 0.6 is 0 Å². The average molecular weight is 239 g/mol. The number of hydrogen-bond donors (Lipinski definition) is 2. The summed E-state index contributed by atoms with van der Waals surface area (Å²) in [7, 11) is 2.11. The first kappa shape index (κ1) is 13.6. The largest absolute Gasteiger partial charge is 0.351 e. The zero-order valence-electron chi connectivity index (χ0n) is 10.7. The smallest absolute Gasteiger partial charge is 0.273 e. The fraction of sp³-hybridized carbons (Fsp3) is 0.727. The summed E-state index contributed by atoms with van der Waals surface area (Å²) < 4.78 is 0. The van der Waals surface area contributed by atoms with E-state index in [1.807, 2.05) is 0 Å². The zero-order chi connectivity index (χ0) is 12.7. The lowest BCUT2D eigenvalue weighted by Gasteiger charge is -2.20. The normalized spacial score (nSPS) is 11.1. The molecule has 0 saturated carbocycles. The van der Waals surface area contributed by atoms with Crippen molar-refractivity contribution in [1.82, 2.24) is 25.6 Å². The number of unbranched alkanes of at least 4 members (excludes halogenated alkanes) is 1. The lowest BCUT2D eigenvalue weighted by Crippen LogP contribution is -2.29. The van der Waals surface area contributed by atoms with Gasteiger partial charge in [-0.3, -0.25) is 4.79 Å². The van der Waals surface area contributed by atoms with Gasteiger partial charge in [-0.15, -0.1) is 0 Å². The highest BCUT2D eigenvalue weighted by molar-refractivity contribution is 5.91. The minimum atomic E-state index is -0.170. The zero-order valence-corrected chi connectivity index (χ0v) is 10.7. The maximum absolute atomic E-state index is 11.5. The first-order valence-electron chi connectivity index (χ1n) is 5.95. The molecule has 0 atom stereocenters. The Morgan fingerprint density at radius 2 is 2.29 bits per heavy atom. The summed E-state index contributed by atoms with van der Waals surface area (Å²) in [5.74, 6) is -0.170. The highest BCUT2D eigenvalue weighted by atomic mass is 16.1. The molecular weight excluding hydrogens is 218 g/mol. The van der Waals surface area contributed by atoms with Crippen LogP contribution < -0.4 is 5.32 Å². The number of H-pyrrole nitrogens is 1. The second-order valence-corrected chi connectivity index (χ2v) is 4.39. The van der Waals surface area contributed by atoms with Crippen molar-refractivity contribution < 1.29 is 4.79 Å². The molecule has 2 N–H and O–H groups in total. The van der Waals surface area contributed by atoms with Gasteiger partial charge in [-0.1, -0.05) is 0 Å². The first-order chi connectivity index (χ1) is 8.11. The number of carbonyl (C=O) groups excluding carboxylic acids is 1. The van der Waals surface area contributed by atoms with Crippen molar-refractivity contribution in [2.75, 3.05) is 20.1 Å². The highest BCUT2D eigenvalue weighted by Gasteiger charge is 2.07. The summed E-state index contributed by atoms with van der Waals surface area (Å²) >= 11 is 0. The Labute approximate surface area is 102 Å². The fourth-order valence-electron chi connectivity index (χ4n) is 1.35. The van der Waals surface area contributed by atoms with Crippen LogP contribution in [0.4, 0.5) is 0 Å². The summed E-state index contributed by atoms with van der Waals surface area (Å²) in [4.78, 5) is 13.8. The molecule has 17 heavy (non-hydrogen) atoms. The van der Waals surface area contributed by atoms with Gasteiger partial charge in [0.2, 0.25) is 0 Å². The van der Waals surface area contributed by atoms with E-state index >= 15 is 0 Å². The minimum Gasteiger partial charge on any atom is -0.351 e. The van der Waals surface area contributed by atoms with Crippen LogP contribution in [0.2, 0.25) is 0 Å². The van der Waals surface area contributed by atoms with Crippen LogP contribution in [0, 0.1) is 0 Å². The molecule has 6 heteroatoms. The van der Waals surface area contributed by atoms with Crippen LogP contribution in [-0.4, -0.2) is 52.4 Å². The van der Waals surface area contributed by atoms with Crippen molar-refractivity contribution in [1.29, 1.82) is 0 Å². The molecule has 0 spiro atoms. The first-order valence-corrected chi connectivity index (χ1v) is 5.95. The predicted molar refractivity (Wildman–Crippen MR) is 65.7 cm³/mol. The Hall–Kier alpha value is -1.43. The molecule has 0 aliphatic carbocycles. The van der Waals surface area contributed by atoms with E-state index in [1.54, 1.807) is 0 Å². The molecule has 0 saturated heterocycles. The van der Waals surface area contributed by atoms with Gasteiger partial charge < -0.3 is 10.2 Å². The standard InChI is InChI=1S/C11H21N5O/c1-9(2)16(3)7-5-4-6-12-11(17)10-8-13-15-14-10/h8-9H,4-7H2,1-3H3,(H,12,17)(H,13,14,15). The van der Waals surface area contributed by atoms with Gasteiger partial charge in [0.05, 0.1) is 6.20 Å². The van der Waals surface area contributed by atoms with E-state index in [4.69, 9.17) is 0 Å². The van der Waals surface area contributed by atoms with Crippen molar-refractivity contribution >= 4 is 5.91 Å². The molecule has 1 heterocycles. The van der Waals surface area contributed by atoms with Crippen molar-refractivity contribution in [2.45, 2.75) is 32.7 Å². The third kappa shape index (κ3) is 4.95. The monoisotopic (exact) mass is 239 g/mol. The van der Waals surface area contributed by atoms with E-state index in [1.165, 1.54) is 6.20 Å². The third-order valence-corrected chi connectivity index (χ3v) is 2.75. The third-order valence-electron chi connectivity index (χ3n) is 2.75. The number of nitrogens with zero attached hydrogens (tertiary/aromatic N) is 3. The molecule has 0 aliphatic rings. The minimum absolute atomic E-state index is 0.170. The molecule has 0 fully saturated rings. The fourth-order valence-corrected chi connectivity index (χ4v) is 1.35. The van der Waals surface area contributed by atoms with Gasteiger partial charge in [0, 0.05) is 12.6 Å². The van der Waals surface area contributed by atoms with Gasteiger partial charge in [0.25, 0.3) is 5.91 Å². The molecule has 0 aliphatic heterocycles. The Morgan fingerprint density at radius 1 is 1.53 bits per heavy atom. The van der Waals surface area contributed by atoms with Crippen LogP contribution in [0.5, 0.6) is 0 Å². The topological polar surface area (TPSA) is 73.9 Å². The van der Waals surface area contributed by atoms with E-state index in [-0.39, 0.29) is 5.91 Å². The number of nitrogens with one attached hydrogen (secondary N) is 2. The molecule has 0 aromatic carbocycles.